The lowest BCUT2D eigenvalue weighted by molar-refractivity contribution is -0.0167. The van der Waals surface area contributed by atoms with Crippen molar-refractivity contribution in [3.05, 3.63) is 34.3 Å². The fourth-order valence-electron chi connectivity index (χ4n) is 2.06. The van der Waals surface area contributed by atoms with Crippen LogP contribution in [0.1, 0.15) is 15.9 Å². The Morgan fingerprint density at radius 2 is 2.39 bits per heavy atom. The summed E-state index contributed by atoms with van der Waals surface area (Å²) in [6, 6.07) is 5.38. The van der Waals surface area contributed by atoms with E-state index < -0.39 is 0 Å². The van der Waals surface area contributed by atoms with Gasteiger partial charge in [0, 0.05) is 30.2 Å². The van der Waals surface area contributed by atoms with E-state index in [1.54, 1.807) is 23.1 Å². The molecule has 1 aromatic rings. The number of carbonyl (C=O) groups excluding carboxylic acids is 1. The molecule has 1 unspecified atom stereocenters. The average Bonchev–Trinajstić information content (AvgIpc) is 2.41. The van der Waals surface area contributed by atoms with E-state index in [0.29, 0.717) is 36.8 Å². The Bertz CT molecular complexity index is 451. The molecule has 1 aromatic carbocycles. The average molecular weight is 269 g/mol. The number of amides is 1. The summed E-state index contributed by atoms with van der Waals surface area (Å²) in [5, 5.41) is 0.615. The van der Waals surface area contributed by atoms with Crippen molar-refractivity contribution in [2.24, 2.45) is 5.73 Å². The summed E-state index contributed by atoms with van der Waals surface area (Å²) in [4.78, 5) is 14.2. The van der Waals surface area contributed by atoms with Crippen molar-refractivity contribution in [1.29, 1.82) is 0 Å². The molecule has 18 heavy (non-hydrogen) atoms. The second kappa shape index (κ2) is 5.69. The van der Waals surface area contributed by atoms with Crippen LogP contribution in [0.2, 0.25) is 5.02 Å². The first-order valence-electron chi connectivity index (χ1n) is 5.99. The highest BCUT2D eigenvalue weighted by Gasteiger charge is 2.25. The van der Waals surface area contributed by atoms with E-state index in [4.69, 9.17) is 22.1 Å². The summed E-state index contributed by atoms with van der Waals surface area (Å²) < 4.78 is 5.45. The molecule has 4 nitrogen and oxygen atoms in total. The van der Waals surface area contributed by atoms with Gasteiger partial charge in [0.1, 0.15) is 0 Å². The van der Waals surface area contributed by atoms with Crippen LogP contribution >= 0.6 is 11.6 Å². The van der Waals surface area contributed by atoms with Gasteiger partial charge in [-0.1, -0.05) is 17.7 Å². The van der Waals surface area contributed by atoms with Gasteiger partial charge < -0.3 is 15.4 Å². The van der Waals surface area contributed by atoms with Gasteiger partial charge in [0.05, 0.1) is 12.7 Å². The van der Waals surface area contributed by atoms with Crippen LogP contribution < -0.4 is 5.73 Å². The van der Waals surface area contributed by atoms with Crippen molar-refractivity contribution in [2.45, 2.75) is 13.0 Å². The second-order valence-corrected chi connectivity index (χ2v) is 4.80. The van der Waals surface area contributed by atoms with Crippen LogP contribution in [0.25, 0.3) is 0 Å². The Morgan fingerprint density at radius 3 is 3.11 bits per heavy atom. The normalized spacial score (nSPS) is 19.9. The summed E-state index contributed by atoms with van der Waals surface area (Å²) in [6.45, 7) is 3.96. The van der Waals surface area contributed by atoms with E-state index in [2.05, 4.69) is 0 Å². The SMILES string of the molecule is Cc1c(Cl)cccc1C(=O)N1CCOC(CN)C1. The van der Waals surface area contributed by atoms with E-state index in [9.17, 15) is 4.79 Å². The third-order valence-electron chi connectivity index (χ3n) is 3.19. The summed E-state index contributed by atoms with van der Waals surface area (Å²) in [7, 11) is 0. The van der Waals surface area contributed by atoms with Crippen molar-refractivity contribution in [3.8, 4) is 0 Å². The lowest BCUT2D eigenvalue weighted by Gasteiger charge is -2.32. The zero-order valence-electron chi connectivity index (χ0n) is 10.4. The fourth-order valence-corrected chi connectivity index (χ4v) is 2.23. The molecule has 2 rings (SSSR count). The Kier molecular flexibility index (Phi) is 4.22. The summed E-state index contributed by atoms with van der Waals surface area (Å²) in [5.41, 5.74) is 7.05. The van der Waals surface area contributed by atoms with E-state index in [1.165, 1.54) is 0 Å². The molecule has 1 saturated heterocycles. The molecule has 5 heteroatoms. The van der Waals surface area contributed by atoms with E-state index in [0.717, 1.165) is 5.56 Å². The van der Waals surface area contributed by atoms with Crippen LogP contribution in [0.5, 0.6) is 0 Å². The molecule has 0 radical (unpaired) electrons. The second-order valence-electron chi connectivity index (χ2n) is 4.39. The van der Waals surface area contributed by atoms with Gasteiger partial charge in [-0.25, -0.2) is 0 Å². The van der Waals surface area contributed by atoms with Crippen molar-refractivity contribution in [3.63, 3.8) is 0 Å². The molecule has 1 aliphatic rings. The van der Waals surface area contributed by atoms with Gasteiger partial charge in [0.25, 0.3) is 5.91 Å². The molecule has 2 N–H and O–H groups in total. The quantitative estimate of drug-likeness (QED) is 0.883. The number of carbonyl (C=O) groups is 1. The zero-order chi connectivity index (χ0) is 13.1. The van der Waals surface area contributed by atoms with E-state index in [1.807, 2.05) is 6.92 Å². The van der Waals surface area contributed by atoms with E-state index in [-0.39, 0.29) is 12.0 Å². The van der Waals surface area contributed by atoms with Gasteiger partial charge in [-0.05, 0) is 24.6 Å². The van der Waals surface area contributed by atoms with Crippen LogP contribution in [0.15, 0.2) is 18.2 Å². The maximum Gasteiger partial charge on any atom is 0.254 e. The molecule has 0 bridgehead atoms. The number of hydrogen-bond acceptors (Lipinski definition) is 3. The maximum absolute atomic E-state index is 12.4. The highest BCUT2D eigenvalue weighted by atomic mass is 35.5. The van der Waals surface area contributed by atoms with Gasteiger partial charge in [-0.3, -0.25) is 4.79 Å². The molecular weight excluding hydrogens is 252 g/mol. The minimum Gasteiger partial charge on any atom is -0.373 e. The monoisotopic (exact) mass is 268 g/mol. The molecule has 0 saturated carbocycles. The Balaban J connectivity index is 2.18. The highest BCUT2D eigenvalue weighted by molar-refractivity contribution is 6.31. The minimum atomic E-state index is -0.0674. The van der Waals surface area contributed by atoms with Crippen molar-refractivity contribution in [1.82, 2.24) is 4.90 Å². The standard InChI is InChI=1S/C13H17ClN2O2/c1-9-11(3-2-4-12(9)14)13(17)16-5-6-18-10(7-15)8-16/h2-4,10H,5-8,15H2,1H3. The predicted molar refractivity (Wildman–Crippen MR) is 70.9 cm³/mol. The highest BCUT2D eigenvalue weighted by Crippen LogP contribution is 2.21. The first kappa shape index (κ1) is 13.3. The number of morpholine rings is 1. The molecule has 98 valence electrons. The molecule has 0 aliphatic carbocycles. The summed E-state index contributed by atoms with van der Waals surface area (Å²) in [6.07, 6.45) is -0.0674. The third kappa shape index (κ3) is 2.66. The van der Waals surface area contributed by atoms with Crippen LogP contribution in [0, 0.1) is 6.92 Å². The Morgan fingerprint density at radius 1 is 1.61 bits per heavy atom. The fraction of sp³-hybridized carbons (Fsp3) is 0.462. The molecule has 1 fully saturated rings. The lowest BCUT2D eigenvalue weighted by Crippen LogP contribution is -2.48. The maximum atomic E-state index is 12.4. The van der Waals surface area contributed by atoms with Gasteiger partial charge >= 0.3 is 0 Å². The molecular formula is C13H17ClN2O2. The molecule has 1 amide bonds. The number of rotatable bonds is 2. The van der Waals surface area contributed by atoms with Gasteiger partial charge in [0.15, 0.2) is 0 Å². The van der Waals surface area contributed by atoms with Crippen molar-refractivity contribution in [2.75, 3.05) is 26.2 Å². The van der Waals surface area contributed by atoms with Crippen LogP contribution in [0.3, 0.4) is 0 Å². The van der Waals surface area contributed by atoms with E-state index >= 15 is 0 Å². The molecule has 1 aliphatic heterocycles. The number of nitrogens with two attached hydrogens (primary N) is 1. The Hall–Kier alpha value is -1.10. The number of halogens is 1. The van der Waals surface area contributed by atoms with Gasteiger partial charge in [-0.15, -0.1) is 0 Å². The van der Waals surface area contributed by atoms with Crippen LogP contribution in [0.4, 0.5) is 0 Å². The largest absolute Gasteiger partial charge is 0.373 e. The number of hydrogen-bond donors (Lipinski definition) is 1. The van der Waals surface area contributed by atoms with Crippen molar-refractivity contribution < 1.29 is 9.53 Å². The number of nitrogens with zero attached hydrogens (tertiary/aromatic N) is 1. The smallest absolute Gasteiger partial charge is 0.254 e. The first-order chi connectivity index (χ1) is 8.63. The molecule has 1 atom stereocenters. The lowest BCUT2D eigenvalue weighted by atomic mass is 10.1. The molecule has 0 aromatic heterocycles. The molecule has 0 spiro atoms. The first-order valence-corrected chi connectivity index (χ1v) is 6.37. The minimum absolute atomic E-state index is 0.00301. The van der Waals surface area contributed by atoms with Crippen molar-refractivity contribution >= 4 is 17.5 Å². The Labute approximate surface area is 112 Å². The van der Waals surface area contributed by atoms with Crippen LogP contribution in [-0.4, -0.2) is 43.2 Å². The predicted octanol–water partition coefficient (Wildman–Crippen LogP) is 1.45. The topological polar surface area (TPSA) is 55.6 Å². The summed E-state index contributed by atoms with van der Waals surface area (Å²) >= 11 is 6.04. The molecule has 1 heterocycles. The van der Waals surface area contributed by atoms with Gasteiger partial charge in [-0.2, -0.15) is 0 Å². The summed E-state index contributed by atoms with van der Waals surface area (Å²) in [5.74, 6) is -0.00301. The number of ether oxygens (including phenoxy) is 1. The van der Waals surface area contributed by atoms with Gasteiger partial charge in [0.2, 0.25) is 0 Å². The third-order valence-corrected chi connectivity index (χ3v) is 3.60. The number of benzene rings is 1. The zero-order valence-corrected chi connectivity index (χ0v) is 11.1. The van der Waals surface area contributed by atoms with Crippen LogP contribution in [-0.2, 0) is 4.74 Å².